The molecule has 130 valence electrons. The van der Waals surface area contributed by atoms with Gasteiger partial charge in [0.15, 0.2) is 0 Å². The maximum Gasteiger partial charge on any atom is 0.219 e. The van der Waals surface area contributed by atoms with E-state index in [1.807, 2.05) is 17.0 Å². The average molecular weight is 333 g/mol. The molecule has 1 spiro atoms. The van der Waals surface area contributed by atoms with Crippen LogP contribution in [0.1, 0.15) is 18.9 Å². The molecule has 24 heavy (non-hydrogen) atoms. The van der Waals surface area contributed by atoms with Crippen molar-refractivity contribution >= 4 is 5.91 Å². The fourth-order valence-corrected chi connectivity index (χ4v) is 4.70. The van der Waals surface area contributed by atoms with Crippen molar-refractivity contribution in [2.75, 3.05) is 32.7 Å². The maximum atomic E-state index is 13.9. The van der Waals surface area contributed by atoms with Crippen molar-refractivity contribution in [1.29, 1.82) is 0 Å². The fraction of sp³-hybridized carbons (Fsp3) is 0.611. The number of carbonyl (C=O) groups is 1. The molecular weight excluding hydrogens is 309 g/mol. The van der Waals surface area contributed by atoms with Crippen molar-refractivity contribution in [1.82, 2.24) is 14.7 Å². The highest BCUT2D eigenvalue weighted by molar-refractivity contribution is 5.73. The molecular formula is C18H24FN3O2. The van der Waals surface area contributed by atoms with Crippen molar-refractivity contribution in [3.8, 4) is 0 Å². The number of rotatable bonds is 2. The van der Waals surface area contributed by atoms with Gasteiger partial charge in [-0.05, 0) is 12.5 Å². The van der Waals surface area contributed by atoms with Gasteiger partial charge in [0.05, 0.1) is 11.6 Å². The third-order valence-corrected chi connectivity index (χ3v) is 5.75. The number of piperazine rings is 1. The second-order valence-electron chi connectivity index (χ2n) is 7.56. The number of hydrogen-bond donors (Lipinski definition) is 1. The standard InChI is InChI=1S/C18H24FN3O2/c1-13(23)21-8-15-6-16(24)9-22(15)18(12-21)10-20(11-18)7-14-4-2-3-5-17(14)19/h2-5,15-16,24H,6-12H2,1H3/t15-,16-/m1/s1. The molecule has 0 bridgehead atoms. The molecule has 1 N–H and O–H groups in total. The van der Waals surface area contributed by atoms with Gasteiger partial charge in [-0.1, -0.05) is 18.2 Å². The molecule has 1 aromatic carbocycles. The number of hydrogen-bond acceptors (Lipinski definition) is 4. The first-order valence-corrected chi connectivity index (χ1v) is 8.63. The predicted octanol–water partition coefficient (Wildman–Crippen LogP) is 0.677. The Balaban J connectivity index is 1.48. The molecule has 0 radical (unpaired) electrons. The summed E-state index contributed by atoms with van der Waals surface area (Å²) in [5.74, 6) is -0.0649. The molecule has 5 nitrogen and oxygen atoms in total. The number of nitrogens with zero attached hydrogens (tertiary/aromatic N) is 3. The SMILES string of the molecule is CC(=O)N1C[C@H]2C[C@@H](O)CN2C2(CN(Cc3ccccc3F)C2)C1. The van der Waals surface area contributed by atoms with Gasteiger partial charge in [0.25, 0.3) is 0 Å². The third kappa shape index (κ3) is 2.62. The average Bonchev–Trinajstić information content (AvgIpc) is 2.88. The van der Waals surface area contributed by atoms with Crippen LogP contribution in [-0.4, -0.2) is 76.1 Å². The van der Waals surface area contributed by atoms with E-state index in [0.29, 0.717) is 31.7 Å². The van der Waals surface area contributed by atoms with Gasteiger partial charge in [-0.3, -0.25) is 14.6 Å². The molecule has 1 aromatic rings. The Morgan fingerprint density at radius 1 is 1.29 bits per heavy atom. The van der Waals surface area contributed by atoms with Crippen molar-refractivity contribution < 1.29 is 14.3 Å². The van der Waals surface area contributed by atoms with Gasteiger partial charge in [-0.2, -0.15) is 0 Å². The van der Waals surface area contributed by atoms with Crippen LogP contribution in [0.25, 0.3) is 0 Å². The second-order valence-corrected chi connectivity index (χ2v) is 7.56. The maximum absolute atomic E-state index is 13.9. The number of aliphatic hydroxyl groups excluding tert-OH is 1. The normalized spacial score (nSPS) is 29.5. The predicted molar refractivity (Wildman–Crippen MR) is 87.8 cm³/mol. The van der Waals surface area contributed by atoms with E-state index in [-0.39, 0.29) is 29.4 Å². The lowest BCUT2D eigenvalue weighted by Gasteiger charge is -2.61. The minimum absolute atomic E-state index is 0.0860. The second kappa shape index (κ2) is 5.79. The fourth-order valence-electron chi connectivity index (χ4n) is 4.70. The van der Waals surface area contributed by atoms with E-state index in [1.54, 1.807) is 13.0 Å². The quantitative estimate of drug-likeness (QED) is 0.865. The lowest BCUT2D eigenvalue weighted by atomic mass is 9.83. The van der Waals surface area contributed by atoms with Gasteiger partial charge in [-0.25, -0.2) is 4.39 Å². The van der Waals surface area contributed by atoms with Crippen LogP contribution in [0, 0.1) is 5.82 Å². The minimum Gasteiger partial charge on any atom is -0.392 e. The van der Waals surface area contributed by atoms with Gasteiger partial charge in [0, 0.05) is 57.8 Å². The molecule has 1 amide bonds. The number of β-amino-alcohol motifs (C(OH)–C–C–N with tert-alkyl or cyclic N) is 1. The van der Waals surface area contributed by atoms with Crippen LogP contribution in [0.4, 0.5) is 4.39 Å². The first-order valence-electron chi connectivity index (χ1n) is 8.63. The smallest absolute Gasteiger partial charge is 0.219 e. The lowest BCUT2D eigenvalue weighted by Crippen LogP contribution is -2.78. The third-order valence-electron chi connectivity index (χ3n) is 5.75. The number of likely N-dealkylation sites (tertiary alicyclic amines) is 1. The largest absolute Gasteiger partial charge is 0.392 e. The van der Waals surface area contributed by atoms with Crippen LogP contribution in [-0.2, 0) is 11.3 Å². The van der Waals surface area contributed by atoms with E-state index < -0.39 is 0 Å². The summed E-state index contributed by atoms with van der Waals surface area (Å²) in [6.07, 6.45) is 0.429. The van der Waals surface area contributed by atoms with E-state index in [1.165, 1.54) is 6.07 Å². The van der Waals surface area contributed by atoms with Gasteiger partial charge >= 0.3 is 0 Å². The summed E-state index contributed by atoms with van der Waals surface area (Å²) in [4.78, 5) is 18.4. The molecule has 3 aliphatic rings. The van der Waals surface area contributed by atoms with Crippen LogP contribution in [0.15, 0.2) is 24.3 Å². The zero-order valence-corrected chi connectivity index (χ0v) is 14.0. The number of halogens is 1. The lowest BCUT2D eigenvalue weighted by molar-refractivity contribution is -0.149. The number of benzene rings is 1. The molecule has 3 saturated heterocycles. The number of carbonyl (C=O) groups excluding carboxylic acids is 1. The molecule has 3 heterocycles. The van der Waals surface area contributed by atoms with Crippen LogP contribution in [0.5, 0.6) is 0 Å². The summed E-state index contributed by atoms with van der Waals surface area (Å²) in [6, 6.07) is 7.13. The number of fused-ring (bicyclic) bond motifs is 2. The zero-order chi connectivity index (χ0) is 16.9. The number of amides is 1. The monoisotopic (exact) mass is 333 g/mol. The van der Waals surface area contributed by atoms with E-state index in [2.05, 4.69) is 9.80 Å². The summed E-state index contributed by atoms with van der Waals surface area (Å²) >= 11 is 0. The molecule has 2 atom stereocenters. The highest BCUT2D eigenvalue weighted by Gasteiger charge is 2.56. The summed E-state index contributed by atoms with van der Waals surface area (Å²) < 4.78 is 13.9. The minimum atomic E-state index is -0.306. The van der Waals surface area contributed by atoms with Gasteiger partial charge in [-0.15, -0.1) is 0 Å². The first kappa shape index (κ1) is 16.0. The van der Waals surface area contributed by atoms with Crippen LogP contribution >= 0.6 is 0 Å². The highest BCUT2D eigenvalue weighted by atomic mass is 19.1. The van der Waals surface area contributed by atoms with Crippen molar-refractivity contribution in [2.45, 2.75) is 37.6 Å². The Morgan fingerprint density at radius 2 is 2.04 bits per heavy atom. The van der Waals surface area contributed by atoms with Gasteiger partial charge in [0.1, 0.15) is 5.82 Å². The Labute approximate surface area is 141 Å². The van der Waals surface area contributed by atoms with E-state index >= 15 is 0 Å². The molecule has 3 fully saturated rings. The molecule has 0 saturated carbocycles. The Morgan fingerprint density at radius 3 is 2.75 bits per heavy atom. The Bertz CT molecular complexity index is 647. The summed E-state index contributed by atoms with van der Waals surface area (Å²) in [7, 11) is 0. The number of aliphatic hydroxyl groups is 1. The zero-order valence-electron chi connectivity index (χ0n) is 14.0. The van der Waals surface area contributed by atoms with Crippen molar-refractivity contribution in [2.24, 2.45) is 0 Å². The van der Waals surface area contributed by atoms with Gasteiger partial charge < -0.3 is 10.0 Å². The van der Waals surface area contributed by atoms with E-state index in [9.17, 15) is 14.3 Å². The molecule has 6 heteroatoms. The molecule has 0 aliphatic carbocycles. The topological polar surface area (TPSA) is 47.0 Å². The summed E-state index contributed by atoms with van der Waals surface area (Å²) in [5.41, 5.74) is 0.627. The van der Waals surface area contributed by atoms with Gasteiger partial charge in [0.2, 0.25) is 5.91 Å². The summed E-state index contributed by atoms with van der Waals surface area (Å²) in [5, 5.41) is 10.1. The molecule has 4 rings (SSSR count). The Hall–Kier alpha value is -1.50. The van der Waals surface area contributed by atoms with Crippen LogP contribution in [0.3, 0.4) is 0 Å². The van der Waals surface area contributed by atoms with E-state index in [4.69, 9.17) is 0 Å². The van der Waals surface area contributed by atoms with Crippen LogP contribution in [0.2, 0.25) is 0 Å². The molecule has 0 aromatic heterocycles. The van der Waals surface area contributed by atoms with Crippen molar-refractivity contribution in [3.63, 3.8) is 0 Å². The van der Waals surface area contributed by atoms with Crippen LogP contribution < -0.4 is 0 Å². The van der Waals surface area contributed by atoms with Crippen molar-refractivity contribution in [3.05, 3.63) is 35.6 Å². The Kier molecular flexibility index (Phi) is 3.86. The molecule has 0 unspecified atom stereocenters. The highest BCUT2D eigenvalue weighted by Crippen LogP contribution is 2.39. The first-order chi connectivity index (χ1) is 11.5. The summed E-state index contributed by atoms with van der Waals surface area (Å²) in [6.45, 7) is 5.94. The van der Waals surface area contributed by atoms with E-state index in [0.717, 1.165) is 19.5 Å². The molecule has 3 aliphatic heterocycles.